The van der Waals surface area contributed by atoms with Gasteiger partial charge in [0.1, 0.15) is 0 Å². The molecule has 4 nitrogen and oxygen atoms in total. The number of carbonyl (C=O) groups excluding carboxylic acids is 2. The Morgan fingerprint density at radius 3 is 2.44 bits per heavy atom. The maximum absolute atomic E-state index is 11.3. The Labute approximate surface area is 51.2 Å². The Hall–Kier alpha value is -1.13. The van der Waals surface area contributed by atoms with Crippen molar-refractivity contribution in [2.45, 2.75) is 0 Å². The fourth-order valence-corrected chi connectivity index (χ4v) is 0.233. The molecule has 2 amide bonds. The molecular weight excluding hydrogens is 127 g/mol. The Morgan fingerprint density at radius 2 is 2.11 bits per heavy atom. The van der Waals surface area contributed by atoms with Gasteiger partial charge in [0, 0.05) is 0 Å². The van der Waals surface area contributed by atoms with Crippen LogP contribution in [0.1, 0.15) is 0 Å². The van der Waals surface area contributed by atoms with E-state index in [-0.39, 0.29) is 6.54 Å². The van der Waals surface area contributed by atoms with Crippen molar-refractivity contribution in [3.8, 4) is 0 Å². The molecule has 0 aliphatic rings. The van der Waals surface area contributed by atoms with Crippen LogP contribution < -0.4 is 11.1 Å². The maximum Gasteiger partial charge on any atom is 0.251 e. The van der Waals surface area contributed by atoms with Crippen LogP contribution in [0.25, 0.3) is 0 Å². The van der Waals surface area contributed by atoms with E-state index in [0.29, 0.717) is 0 Å². The van der Waals surface area contributed by atoms with Crippen molar-refractivity contribution in [1.82, 2.24) is 5.32 Å². The highest BCUT2D eigenvalue weighted by Crippen LogP contribution is 1.66. The zero-order valence-electron chi connectivity index (χ0n) is 4.69. The van der Waals surface area contributed by atoms with Gasteiger partial charge in [0.25, 0.3) is 5.91 Å². The molecule has 0 aliphatic carbocycles. The highest BCUT2D eigenvalue weighted by molar-refractivity contribution is 5.84. The predicted octanol–water partition coefficient (Wildman–Crippen LogP) is -1.44. The molecule has 3 N–H and O–H groups in total. The zero-order chi connectivity index (χ0) is 7.28. The highest BCUT2D eigenvalue weighted by atomic mass is 19.1. The van der Waals surface area contributed by atoms with Gasteiger partial charge in [-0.2, -0.15) is 0 Å². The van der Waals surface area contributed by atoms with Gasteiger partial charge < -0.3 is 11.1 Å². The van der Waals surface area contributed by atoms with Gasteiger partial charge in [-0.15, -0.1) is 0 Å². The fourth-order valence-electron chi connectivity index (χ4n) is 0.233. The number of nitrogens with two attached hydrogens (primary N) is 1. The predicted molar refractivity (Wildman–Crippen MR) is 28.2 cm³/mol. The monoisotopic (exact) mass is 134 g/mol. The van der Waals surface area contributed by atoms with Crippen LogP contribution in [-0.2, 0) is 9.59 Å². The molecule has 0 unspecified atom stereocenters. The lowest BCUT2D eigenvalue weighted by atomic mass is 10.5. The lowest BCUT2D eigenvalue weighted by molar-refractivity contribution is -0.125. The summed E-state index contributed by atoms with van der Waals surface area (Å²) in [5.74, 6) is -1.51. The minimum Gasteiger partial charge on any atom is -0.368 e. The van der Waals surface area contributed by atoms with Gasteiger partial charge in [-0.25, -0.2) is 4.39 Å². The first-order valence-corrected chi connectivity index (χ1v) is 2.27. The number of amides is 2. The molecule has 0 bridgehead atoms. The summed E-state index contributed by atoms with van der Waals surface area (Å²) < 4.78 is 11.3. The molecule has 0 fully saturated rings. The summed E-state index contributed by atoms with van der Waals surface area (Å²) in [4.78, 5) is 19.9. The van der Waals surface area contributed by atoms with E-state index in [9.17, 15) is 14.0 Å². The summed E-state index contributed by atoms with van der Waals surface area (Å²) >= 11 is 0. The molecule has 0 atom stereocenters. The first-order chi connectivity index (χ1) is 4.16. The average Bonchev–Trinajstić information content (AvgIpc) is 1.83. The minimum atomic E-state index is -1.12. The molecular formula is C4H7FN2O2. The van der Waals surface area contributed by atoms with Crippen molar-refractivity contribution in [2.24, 2.45) is 5.73 Å². The largest absolute Gasteiger partial charge is 0.368 e. The lowest BCUT2D eigenvalue weighted by Gasteiger charge is -1.95. The zero-order valence-corrected chi connectivity index (χ0v) is 4.69. The molecule has 0 rings (SSSR count). The number of halogens is 1. The molecule has 9 heavy (non-hydrogen) atoms. The third kappa shape index (κ3) is 4.73. The molecule has 0 saturated carbocycles. The van der Waals surface area contributed by atoms with Crippen molar-refractivity contribution in [2.75, 3.05) is 13.2 Å². The van der Waals surface area contributed by atoms with Crippen LogP contribution in [0.2, 0.25) is 0 Å². The average molecular weight is 134 g/mol. The summed E-state index contributed by atoms with van der Waals surface area (Å²) in [5, 5.41) is 1.94. The smallest absolute Gasteiger partial charge is 0.251 e. The van der Waals surface area contributed by atoms with Crippen molar-refractivity contribution < 1.29 is 14.0 Å². The van der Waals surface area contributed by atoms with Crippen molar-refractivity contribution in [1.29, 1.82) is 0 Å². The summed E-state index contributed by atoms with van der Waals surface area (Å²) in [6.07, 6.45) is 0. The summed E-state index contributed by atoms with van der Waals surface area (Å²) in [6, 6.07) is 0. The van der Waals surface area contributed by atoms with Crippen LogP contribution in [0.5, 0.6) is 0 Å². The minimum absolute atomic E-state index is 0.303. The Kier molecular flexibility index (Phi) is 3.34. The number of rotatable bonds is 3. The van der Waals surface area contributed by atoms with Crippen molar-refractivity contribution in [3.63, 3.8) is 0 Å². The number of hydrogen-bond acceptors (Lipinski definition) is 2. The molecule has 0 aromatic carbocycles. The highest BCUT2D eigenvalue weighted by Gasteiger charge is 1.98. The normalized spacial score (nSPS) is 8.56. The van der Waals surface area contributed by atoms with Gasteiger partial charge in [0.15, 0.2) is 6.67 Å². The molecule has 0 aliphatic heterocycles. The van der Waals surface area contributed by atoms with E-state index < -0.39 is 18.5 Å². The van der Waals surface area contributed by atoms with Gasteiger partial charge in [-0.05, 0) is 0 Å². The van der Waals surface area contributed by atoms with Crippen LogP contribution in [0.15, 0.2) is 0 Å². The molecule has 0 aromatic rings. The summed E-state index contributed by atoms with van der Waals surface area (Å²) in [5.41, 5.74) is 4.62. The van der Waals surface area contributed by atoms with Gasteiger partial charge in [0.05, 0.1) is 6.54 Å². The number of nitrogens with one attached hydrogen (secondary N) is 1. The lowest BCUT2D eigenvalue weighted by Crippen LogP contribution is -2.34. The van der Waals surface area contributed by atoms with Gasteiger partial charge in [-0.3, -0.25) is 9.59 Å². The van der Waals surface area contributed by atoms with E-state index in [0.717, 1.165) is 0 Å². The second kappa shape index (κ2) is 3.82. The van der Waals surface area contributed by atoms with Crippen LogP contribution in [0, 0.1) is 0 Å². The van der Waals surface area contributed by atoms with Crippen LogP contribution in [0.4, 0.5) is 4.39 Å². The van der Waals surface area contributed by atoms with Crippen LogP contribution >= 0.6 is 0 Å². The van der Waals surface area contributed by atoms with Gasteiger partial charge >= 0.3 is 0 Å². The van der Waals surface area contributed by atoms with Crippen molar-refractivity contribution in [3.05, 3.63) is 0 Å². The van der Waals surface area contributed by atoms with Gasteiger partial charge in [0.2, 0.25) is 5.91 Å². The second-order valence-corrected chi connectivity index (χ2v) is 1.38. The van der Waals surface area contributed by atoms with E-state index in [4.69, 9.17) is 0 Å². The SMILES string of the molecule is NC(=O)CNC(=O)CF. The first kappa shape index (κ1) is 7.87. The number of primary amides is 1. The van der Waals surface area contributed by atoms with E-state index in [1.807, 2.05) is 5.32 Å². The summed E-state index contributed by atoms with van der Waals surface area (Å²) in [6.45, 7) is -1.42. The first-order valence-electron chi connectivity index (χ1n) is 2.27. The van der Waals surface area contributed by atoms with Crippen molar-refractivity contribution >= 4 is 11.8 Å². The standard InChI is InChI=1S/C4H7FN2O2/c5-1-4(9)7-2-3(6)8/h1-2H2,(H2,6,8)(H,7,9). The second-order valence-electron chi connectivity index (χ2n) is 1.38. The molecule has 0 spiro atoms. The van der Waals surface area contributed by atoms with Crippen LogP contribution in [-0.4, -0.2) is 25.0 Å². The summed E-state index contributed by atoms with van der Waals surface area (Å²) in [7, 11) is 0. The Morgan fingerprint density at radius 1 is 1.56 bits per heavy atom. The topological polar surface area (TPSA) is 72.2 Å². The quantitative estimate of drug-likeness (QED) is 0.496. The Balaban J connectivity index is 3.28. The number of carbonyl (C=O) groups is 2. The molecule has 0 aromatic heterocycles. The van der Waals surface area contributed by atoms with E-state index in [1.165, 1.54) is 0 Å². The van der Waals surface area contributed by atoms with E-state index in [2.05, 4.69) is 5.73 Å². The fraction of sp³-hybridized carbons (Fsp3) is 0.500. The molecule has 0 heterocycles. The van der Waals surface area contributed by atoms with Gasteiger partial charge in [-0.1, -0.05) is 0 Å². The number of hydrogen-bond donors (Lipinski definition) is 2. The molecule has 0 radical (unpaired) electrons. The molecule has 52 valence electrons. The molecule has 0 saturated heterocycles. The maximum atomic E-state index is 11.3. The van der Waals surface area contributed by atoms with E-state index in [1.54, 1.807) is 0 Å². The third-order valence-corrected chi connectivity index (χ3v) is 0.581. The third-order valence-electron chi connectivity index (χ3n) is 0.581. The molecule has 5 heteroatoms. The Bertz CT molecular complexity index is 126. The van der Waals surface area contributed by atoms with E-state index >= 15 is 0 Å². The number of alkyl halides is 1. The van der Waals surface area contributed by atoms with Crippen LogP contribution in [0.3, 0.4) is 0 Å².